The van der Waals surface area contributed by atoms with Crippen molar-refractivity contribution in [3.63, 3.8) is 0 Å². The molecule has 2 aromatic rings. The first kappa shape index (κ1) is 24.0. The zero-order valence-electron chi connectivity index (χ0n) is 17.7. The van der Waals surface area contributed by atoms with E-state index in [0.29, 0.717) is 12.5 Å². The van der Waals surface area contributed by atoms with Gasteiger partial charge in [-0.05, 0) is 48.6 Å². The van der Waals surface area contributed by atoms with E-state index >= 15 is 0 Å². The van der Waals surface area contributed by atoms with E-state index in [4.69, 9.17) is 4.74 Å². The van der Waals surface area contributed by atoms with E-state index in [-0.39, 0.29) is 36.4 Å². The van der Waals surface area contributed by atoms with Gasteiger partial charge in [-0.3, -0.25) is 4.79 Å². The highest BCUT2D eigenvalue weighted by Crippen LogP contribution is 2.18. The Hall–Kier alpha value is -2.29. The van der Waals surface area contributed by atoms with Crippen LogP contribution in [0.2, 0.25) is 0 Å². The molecule has 0 bridgehead atoms. The number of fused-ring (bicyclic) bond motifs is 1. The number of ether oxygens (including phenoxy) is 1. The molecule has 6 nitrogen and oxygen atoms in total. The maximum atomic E-state index is 12.6. The summed E-state index contributed by atoms with van der Waals surface area (Å²) in [6.45, 7) is 5.09. The number of carbonyl (C=O) groups is 1. The van der Waals surface area contributed by atoms with Crippen molar-refractivity contribution in [2.24, 2.45) is 4.99 Å². The highest BCUT2D eigenvalue weighted by molar-refractivity contribution is 14.0. The number of methoxy groups -OCH3 is 1. The molecule has 0 saturated carbocycles. The van der Waals surface area contributed by atoms with Crippen molar-refractivity contribution in [1.82, 2.24) is 15.5 Å². The van der Waals surface area contributed by atoms with Crippen molar-refractivity contribution in [2.45, 2.75) is 26.3 Å². The third-order valence-corrected chi connectivity index (χ3v) is 5.07. The monoisotopic (exact) mass is 522 g/mol. The van der Waals surface area contributed by atoms with Gasteiger partial charge in [0.15, 0.2) is 5.96 Å². The lowest BCUT2D eigenvalue weighted by molar-refractivity contribution is -0.130. The van der Waals surface area contributed by atoms with Gasteiger partial charge in [-0.1, -0.05) is 36.4 Å². The standard InChI is InChI=1S/C23H30N4O2.HI/c1-3-24-23(25-14-12-18-8-10-21(29-2)11-9-18)26-16-22(28)27-15-13-19-6-4-5-7-20(19)17-27;/h4-11H,3,12-17H2,1-2H3,(H2,24,25,26);1H. The maximum absolute atomic E-state index is 12.6. The largest absolute Gasteiger partial charge is 0.497 e. The minimum atomic E-state index is 0. The van der Waals surface area contributed by atoms with Crippen LogP contribution in [0.15, 0.2) is 53.5 Å². The van der Waals surface area contributed by atoms with Gasteiger partial charge in [-0.15, -0.1) is 24.0 Å². The maximum Gasteiger partial charge on any atom is 0.244 e. The topological polar surface area (TPSA) is 66.0 Å². The predicted octanol–water partition coefficient (Wildman–Crippen LogP) is 3.00. The number of hydrogen-bond donors (Lipinski definition) is 2. The van der Waals surface area contributed by atoms with Gasteiger partial charge >= 0.3 is 0 Å². The highest BCUT2D eigenvalue weighted by atomic mass is 127. The second kappa shape index (κ2) is 12.4. The Balaban J connectivity index is 0.00000320. The van der Waals surface area contributed by atoms with Crippen LogP contribution < -0.4 is 15.4 Å². The van der Waals surface area contributed by atoms with Gasteiger partial charge in [0, 0.05) is 26.2 Å². The van der Waals surface area contributed by atoms with Crippen LogP contribution in [-0.4, -0.2) is 50.1 Å². The van der Waals surface area contributed by atoms with Crippen LogP contribution in [0.4, 0.5) is 0 Å². The Morgan fingerprint density at radius 3 is 2.53 bits per heavy atom. The fourth-order valence-corrected chi connectivity index (χ4v) is 3.41. The van der Waals surface area contributed by atoms with Crippen molar-refractivity contribution < 1.29 is 9.53 Å². The molecule has 2 aromatic carbocycles. The average Bonchev–Trinajstić information content (AvgIpc) is 2.77. The molecule has 0 atom stereocenters. The highest BCUT2D eigenvalue weighted by Gasteiger charge is 2.19. The van der Waals surface area contributed by atoms with Crippen molar-refractivity contribution in [3.8, 4) is 5.75 Å². The molecule has 30 heavy (non-hydrogen) atoms. The van der Waals surface area contributed by atoms with E-state index in [1.54, 1.807) is 7.11 Å². The van der Waals surface area contributed by atoms with Crippen molar-refractivity contribution in [2.75, 3.05) is 33.3 Å². The molecule has 0 unspecified atom stereocenters. The molecule has 0 saturated heterocycles. The molecule has 1 heterocycles. The third-order valence-electron chi connectivity index (χ3n) is 5.07. The molecule has 3 rings (SSSR count). The summed E-state index contributed by atoms with van der Waals surface area (Å²) in [7, 11) is 1.67. The summed E-state index contributed by atoms with van der Waals surface area (Å²) in [5.41, 5.74) is 3.80. The predicted molar refractivity (Wildman–Crippen MR) is 132 cm³/mol. The lowest BCUT2D eigenvalue weighted by Crippen LogP contribution is -2.41. The number of guanidine groups is 1. The number of carbonyl (C=O) groups excluding carboxylic acids is 1. The molecule has 7 heteroatoms. The van der Waals surface area contributed by atoms with Crippen molar-refractivity contribution >= 4 is 35.8 Å². The Bertz CT molecular complexity index is 839. The SMILES string of the molecule is CCNC(=NCC(=O)N1CCc2ccccc2C1)NCCc1ccc(OC)cc1.I. The number of nitrogens with zero attached hydrogens (tertiary/aromatic N) is 2. The molecular formula is C23H31IN4O2. The van der Waals surface area contributed by atoms with E-state index in [9.17, 15) is 4.79 Å². The van der Waals surface area contributed by atoms with E-state index in [1.165, 1.54) is 16.7 Å². The lowest BCUT2D eigenvalue weighted by Gasteiger charge is -2.28. The summed E-state index contributed by atoms with van der Waals surface area (Å²) in [5.74, 6) is 1.59. The molecule has 0 aromatic heterocycles. The molecule has 0 spiro atoms. The normalized spacial score (nSPS) is 13.1. The quantitative estimate of drug-likeness (QED) is 0.334. The number of rotatable bonds is 7. The molecule has 0 radical (unpaired) electrons. The Kier molecular flexibility index (Phi) is 9.93. The number of nitrogens with one attached hydrogen (secondary N) is 2. The zero-order chi connectivity index (χ0) is 20.5. The fraction of sp³-hybridized carbons (Fsp3) is 0.391. The molecule has 2 N–H and O–H groups in total. The summed E-state index contributed by atoms with van der Waals surface area (Å²) in [4.78, 5) is 19.0. The molecule has 0 fully saturated rings. The first-order chi connectivity index (χ1) is 14.2. The van der Waals surface area contributed by atoms with E-state index in [2.05, 4.69) is 46.0 Å². The second-order valence-electron chi connectivity index (χ2n) is 7.05. The minimum absolute atomic E-state index is 0. The summed E-state index contributed by atoms with van der Waals surface area (Å²) in [6.07, 6.45) is 1.77. The number of benzene rings is 2. The molecule has 1 aliphatic rings. The van der Waals surface area contributed by atoms with E-state index < -0.39 is 0 Å². The Morgan fingerprint density at radius 1 is 1.10 bits per heavy atom. The number of hydrogen-bond acceptors (Lipinski definition) is 3. The summed E-state index contributed by atoms with van der Waals surface area (Å²) in [5, 5.41) is 6.52. The molecule has 0 aliphatic carbocycles. The molecular weight excluding hydrogens is 491 g/mol. The number of aliphatic imine (C=N–C) groups is 1. The van der Waals surface area contributed by atoms with Crippen LogP contribution >= 0.6 is 24.0 Å². The first-order valence-electron chi connectivity index (χ1n) is 10.2. The molecule has 162 valence electrons. The second-order valence-corrected chi connectivity index (χ2v) is 7.05. The van der Waals surface area contributed by atoms with Crippen LogP contribution in [-0.2, 0) is 24.2 Å². The lowest BCUT2D eigenvalue weighted by atomic mass is 10.00. The zero-order valence-corrected chi connectivity index (χ0v) is 20.0. The van der Waals surface area contributed by atoms with Crippen LogP contribution in [0, 0.1) is 0 Å². The number of amides is 1. The van der Waals surface area contributed by atoms with E-state index in [0.717, 1.165) is 38.2 Å². The summed E-state index contributed by atoms with van der Waals surface area (Å²) in [6, 6.07) is 16.4. The van der Waals surface area contributed by atoms with Gasteiger partial charge in [-0.25, -0.2) is 4.99 Å². The number of halogens is 1. The van der Waals surface area contributed by atoms with Crippen molar-refractivity contribution in [3.05, 3.63) is 65.2 Å². The average molecular weight is 522 g/mol. The third kappa shape index (κ3) is 6.90. The van der Waals surface area contributed by atoms with Gasteiger partial charge in [0.1, 0.15) is 12.3 Å². The van der Waals surface area contributed by atoms with Gasteiger partial charge in [0.05, 0.1) is 7.11 Å². The molecule has 1 aliphatic heterocycles. The van der Waals surface area contributed by atoms with Crippen LogP contribution in [0.1, 0.15) is 23.6 Å². The van der Waals surface area contributed by atoms with Crippen molar-refractivity contribution in [1.29, 1.82) is 0 Å². The van der Waals surface area contributed by atoms with Gasteiger partial charge in [0.2, 0.25) is 5.91 Å². The van der Waals surface area contributed by atoms with Crippen LogP contribution in [0.25, 0.3) is 0 Å². The summed E-state index contributed by atoms with van der Waals surface area (Å²) >= 11 is 0. The van der Waals surface area contributed by atoms with Crippen LogP contribution in [0.3, 0.4) is 0 Å². The van der Waals surface area contributed by atoms with Crippen LogP contribution in [0.5, 0.6) is 5.75 Å². The minimum Gasteiger partial charge on any atom is -0.497 e. The van der Waals surface area contributed by atoms with E-state index in [1.807, 2.05) is 30.0 Å². The van der Waals surface area contributed by atoms with Gasteiger partial charge < -0.3 is 20.3 Å². The first-order valence-corrected chi connectivity index (χ1v) is 10.2. The Labute approximate surface area is 196 Å². The van der Waals surface area contributed by atoms with Gasteiger partial charge in [0.25, 0.3) is 0 Å². The summed E-state index contributed by atoms with van der Waals surface area (Å²) < 4.78 is 5.19. The Morgan fingerprint density at radius 2 is 1.83 bits per heavy atom. The molecule has 1 amide bonds. The smallest absolute Gasteiger partial charge is 0.244 e. The van der Waals surface area contributed by atoms with Gasteiger partial charge in [-0.2, -0.15) is 0 Å². The fourth-order valence-electron chi connectivity index (χ4n) is 3.41.